The third-order valence-corrected chi connectivity index (χ3v) is 4.85. The topological polar surface area (TPSA) is 44.5 Å². The Morgan fingerprint density at radius 1 is 1.17 bits per heavy atom. The van der Waals surface area contributed by atoms with Crippen molar-refractivity contribution in [3.8, 4) is 11.5 Å². The fourth-order valence-electron chi connectivity index (χ4n) is 2.99. The Bertz CT molecular complexity index is 439. The van der Waals surface area contributed by atoms with Crippen LogP contribution in [0.4, 0.5) is 0 Å². The van der Waals surface area contributed by atoms with E-state index < -0.39 is 0 Å². The Morgan fingerprint density at radius 3 is 2.30 bits per heavy atom. The lowest BCUT2D eigenvalue weighted by molar-refractivity contribution is 0.107. The molecular formula is C20H35NO2. The van der Waals surface area contributed by atoms with Crippen molar-refractivity contribution in [1.29, 1.82) is 0 Å². The van der Waals surface area contributed by atoms with Gasteiger partial charge >= 0.3 is 0 Å². The molecule has 0 amide bonds. The molecule has 0 saturated heterocycles. The molecule has 3 heteroatoms. The fourth-order valence-corrected chi connectivity index (χ4v) is 2.99. The van der Waals surface area contributed by atoms with Gasteiger partial charge in [0.1, 0.15) is 17.6 Å². The summed E-state index contributed by atoms with van der Waals surface area (Å²) in [5.41, 5.74) is 5.94. The zero-order valence-electron chi connectivity index (χ0n) is 15.6. The Hall–Kier alpha value is -1.22. The van der Waals surface area contributed by atoms with E-state index in [1.165, 1.54) is 25.7 Å². The SMILES string of the molecule is CC.CCC(CC)(COc1cccc(OC(C)CN)c1)C1CC1. The van der Waals surface area contributed by atoms with Crippen LogP contribution in [0.15, 0.2) is 24.3 Å². The Kier molecular flexibility index (Phi) is 8.46. The van der Waals surface area contributed by atoms with Crippen molar-refractivity contribution >= 4 is 0 Å². The zero-order chi connectivity index (χ0) is 17.3. The van der Waals surface area contributed by atoms with Gasteiger partial charge < -0.3 is 15.2 Å². The van der Waals surface area contributed by atoms with Crippen molar-refractivity contribution in [1.82, 2.24) is 0 Å². The van der Waals surface area contributed by atoms with Crippen molar-refractivity contribution < 1.29 is 9.47 Å². The van der Waals surface area contributed by atoms with E-state index in [-0.39, 0.29) is 6.10 Å². The highest BCUT2D eigenvalue weighted by atomic mass is 16.5. The van der Waals surface area contributed by atoms with Crippen LogP contribution in [0.2, 0.25) is 0 Å². The third kappa shape index (κ3) is 5.72. The summed E-state index contributed by atoms with van der Waals surface area (Å²) in [4.78, 5) is 0. The van der Waals surface area contributed by atoms with E-state index in [9.17, 15) is 0 Å². The van der Waals surface area contributed by atoms with E-state index >= 15 is 0 Å². The van der Waals surface area contributed by atoms with Gasteiger partial charge in [0.05, 0.1) is 6.61 Å². The van der Waals surface area contributed by atoms with Crippen molar-refractivity contribution in [2.45, 2.75) is 66.4 Å². The van der Waals surface area contributed by atoms with E-state index in [0.29, 0.717) is 12.0 Å². The molecule has 0 spiro atoms. The minimum absolute atomic E-state index is 0.0251. The van der Waals surface area contributed by atoms with Gasteiger partial charge in [0.25, 0.3) is 0 Å². The van der Waals surface area contributed by atoms with Crippen LogP contribution in [-0.4, -0.2) is 19.3 Å². The highest BCUT2D eigenvalue weighted by Gasteiger charge is 2.43. The number of ether oxygens (including phenoxy) is 2. The van der Waals surface area contributed by atoms with Gasteiger partial charge in [0.2, 0.25) is 0 Å². The molecule has 3 nitrogen and oxygen atoms in total. The number of benzene rings is 1. The van der Waals surface area contributed by atoms with E-state index in [0.717, 1.165) is 24.0 Å². The molecule has 2 rings (SSSR count). The molecule has 0 aliphatic heterocycles. The predicted octanol–water partition coefficient (Wildman–Crippen LogP) is 5.03. The lowest BCUT2D eigenvalue weighted by Crippen LogP contribution is -2.29. The highest BCUT2D eigenvalue weighted by Crippen LogP contribution is 2.50. The van der Waals surface area contributed by atoms with E-state index in [2.05, 4.69) is 13.8 Å². The molecule has 0 heterocycles. The van der Waals surface area contributed by atoms with Crippen LogP contribution < -0.4 is 15.2 Å². The van der Waals surface area contributed by atoms with Gasteiger partial charge in [-0.15, -0.1) is 0 Å². The second kappa shape index (κ2) is 9.82. The van der Waals surface area contributed by atoms with Crippen molar-refractivity contribution in [3.63, 3.8) is 0 Å². The highest BCUT2D eigenvalue weighted by molar-refractivity contribution is 5.33. The molecule has 2 N–H and O–H groups in total. The number of nitrogens with two attached hydrogens (primary N) is 1. The second-order valence-corrected chi connectivity index (χ2v) is 6.27. The van der Waals surface area contributed by atoms with Crippen LogP contribution in [0, 0.1) is 11.3 Å². The maximum Gasteiger partial charge on any atom is 0.123 e. The van der Waals surface area contributed by atoms with E-state index in [1.807, 2.05) is 45.0 Å². The van der Waals surface area contributed by atoms with Gasteiger partial charge in [0.15, 0.2) is 0 Å². The third-order valence-electron chi connectivity index (χ3n) is 4.85. The quantitative estimate of drug-likeness (QED) is 0.693. The summed E-state index contributed by atoms with van der Waals surface area (Å²) in [5, 5.41) is 0. The molecule has 0 radical (unpaired) electrons. The minimum Gasteiger partial charge on any atom is -0.493 e. The maximum atomic E-state index is 6.10. The standard InChI is InChI=1S/C18H29NO2.C2H6/c1-4-18(5-2,15-9-10-15)13-20-16-7-6-8-17(11-16)21-14(3)12-19;1-2/h6-8,11,14-15H,4-5,9-10,12-13,19H2,1-3H3;1-2H3. The first-order valence-corrected chi connectivity index (χ1v) is 9.23. The van der Waals surface area contributed by atoms with Crippen molar-refractivity contribution in [3.05, 3.63) is 24.3 Å². The van der Waals surface area contributed by atoms with Crippen molar-refractivity contribution in [2.24, 2.45) is 17.1 Å². The van der Waals surface area contributed by atoms with Gasteiger partial charge in [-0.2, -0.15) is 0 Å². The molecular weight excluding hydrogens is 286 g/mol. The van der Waals surface area contributed by atoms with Crippen LogP contribution >= 0.6 is 0 Å². The molecule has 1 saturated carbocycles. The van der Waals surface area contributed by atoms with Crippen LogP contribution in [-0.2, 0) is 0 Å². The molecule has 1 aromatic carbocycles. The average molecular weight is 322 g/mol. The average Bonchev–Trinajstić information content (AvgIpc) is 3.44. The maximum absolute atomic E-state index is 6.10. The van der Waals surface area contributed by atoms with Gasteiger partial charge in [-0.05, 0) is 50.7 Å². The Balaban J connectivity index is 0.00000127. The number of hydrogen-bond acceptors (Lipinski definition) is 3. The summed E-state index contributed by atoms with van der Waals surface area (Å²) in [7, 11) is 0. The van der Waals surface area contributed by atoms with Gasteiger partial charge in [-0.25, -0.2) is 0 Å². The van der Waals surface area contributed by atoms with Crippen LogP contribution in [0.1, 0.15) is 60.3 Å². The van der Waals surface area contributed by atoms with Gasteiger partial charge in [-0.1, -0.05) is 33.8 Å². The number of hydrogen-bond donors (Lipinski definition) is 1. The van der Waals surface area contributed by atoms with Gasteiger partial charge in [0, 0.05) is 18.0 Å². The zero-order valence-corrected chi connectivity index (χ0v) is 15.6. The summed E-state index contributed by atoms with van der Waals surface area (Å²) in [5.74, 6) is 2.57. The molecule has 1 unspecified atom stereocenters. The molecule has 1 atom stereocenters. The van der Waals surface area contributed by atoms with Crippen LogP contribution in [0.3, 0.4) is 0 Å². The Morgan fingerprint density at radius 2 is 1.78 bits per heavy atom. The molecule has 132 valence electrons. The lowest BCUT2D eigenvalue weighted by atomic mass is 9.78. The molecule has 1 aromatic rings. The smallest absolute Gasteiger partial charge is 0.123 e. The summed E-state index contributed by atoms with van der Waals surface area (Å²) in [6, 6.07) is 7.90. The molecule has 1 aliphatic rings. The summed E-state index contributed by atoms with van der Waals surface area (Å²) >= 11 is 0. The van der Waals surface area contributed by atoms with Crippen LogP contribution in [0.25, 0.3) is 0 Å². The molecule has 0 aromatic heterocycles. The molecule has 0 bridgehead atoms. The first-order valence-electron chi connectivity index (χ1n) is 9.23. The summed E-state index contributed by atoms with van der Waals surface area (Å²) in [6.45, 7) is 11.9. The second-order valence-electron chi connectivity index (χ2n) is 6.27. The summed E-state index contributed by atoms with van der Waals surface area (Å²) in [6.07, 6.45) is 5.13. The normalized spacial score (nSPS) is 15.4. The summed E-state index contributed by atoms with van der Waals surface area (Å²) < 4.78 is 11.8. The first-order chi connectivity index (χ1) is 11.1. The van der Waals surface area contributed by atoms with E-state index in [4.69, 9.17) is 15.2 Å². The lowest BCUT2D eigenvalue weighted by Gasteiger charge is -2.31. The largest absolute Gasteiger partial charge is 0.493 e. The number of rotatable bonds is 9. The monoisotopic (exact) mass is 321 g/mol. The van der Waals surface area contributed by atoms with E-state index in [1.54, 1.807) is 0 Å². The molecule has 1 fully saturated rings. The fraction of sp³-hybridized carbons (Fsp3) is 0.700. The minimum atomic E-state index is 0.0251. The Labute approximate surface area is 142 Å². The van der Waals surface area contributed by atoms with Crippen molar-refractivity contribution in [2.75, 3.05) is 13.2 Å². The van der Waals surface area contributed by atoms with Gasteiger partial charge in [-0.3, -0.25) is 0 Å². The molecule has 1 aliphatic carbocycles. The first kappa shape index (κ1) is 19.8. The molecule has 23 heavy (non-hydrogen) atoms. The van der Waals surface area contributed by atoms with Crippen LogP contribution in [0.5, 0.6) is 11.5 Å². The predicted molar refractivity (Wildman–Crippen MR) is 98.2 cm³/mol.